The summed E-state index contributed by atoms with van der Waals surface area (Å²) in [5.41, 5.74) is 2.60. The second kappa shape index (κ2) is 4.09. The van der Waals surface area contributed by atoms with Crippen molar-refractivity contribution in [2.45, 2.75) is 26.5 Å². The predicted octanol–water partition coefficient (Wildman–Crippen LogP) is 1.36. The van der Waals surface area contributed by atoms with Crippen LogP contribution in [0.15, 0.2) is 18.6 Å². The van der Waals surface area contributed by atoms with E-state index in [0.717, 1.165) is 11.4 Å². The van der Waals surface area contributed by atoms with Crippen molar-refractivity contribution in [2.24, 2.45) is 7.05 Å². The summed E-state index contributed by atoms with van der Waals surface area (Å²) in [7, 11) is 1.92. The third kappa shape index (κ3) is 1.63. The van der Waals surface area contributed by atoms with E-state index in [4.69, 9.17) is 0 Å². The van der Waals surface area contributed by atoms with E-state index >= 15 is 0 Å². The summed E-state index contributed by atoms with van der Waals surface area (Å²) in [6.07, 6.45) is 3.47. The number of nitrogens with zero attached hydrogens (tertiary/aromatic N) is 4. The van der Waals surface area contributed by atoms with Crippen LogP contribution in [0.3, 0.4) is 0 Å². The fourth-order valence-corrected chi connectivity index (χ4v) is 1.84. The van der Waals surface area contributed by atoms with E-state index in [-0.39, 0.29) is 12.6 Å². The van der Waals surface area contributed by atoms with E-state index in [2.05, 4.69) is 23.9 Å². The maximum atomic E-state index is 9.25. The van der Waals surface area contributed by atoms with Crippen molar-refractivity contribution < 1.29 is 5.11 Å². The highest BCUT2D eigenvalue weighted by atomic mass is 16.3. The first-order chi connectivity index (χ1) is 7.65. The van der Waals surface area contributed by atoms with E-state index in [1.807, 2.05) is 22.4 Å². The van der Waals surface area contributed by atoms with Crippen molar-refractivity contribution in [1.82, 2.24) is 19.3 Å². The van der Waals surface area contributed by atoms with Crippen LogP contribution in [0.25, 0.3) is 11.4 Å². The van der Waals surface area contributed by atoms with Gasteiger partial charge >= 0.3 is 0 Å². The number of hydrogen-bond donors (Lipinski definition) is 1. The Hall–Kier alpha value is -1.62. The third-order valence-electron chi connectivity index (χ3n) is 2.56. The summed E-state index contributed by atoms with van der Waals surface area (Å²) in [5.74, 6) is 0. The first-order valence-electron chi connectivity index (χ1n) is 5.30. The molecule has 2 aromatic heterocycles. The molecule has 0 atom stereocenters. The van der Waals surface area contributed by atoms with Gasteiger partial charge in [-0.3, -0.25) is 4.68 Å². The average molecular weight is 220 g/mol. The van der Waals surface area contributed by atoms with Gasteiger partial charge in [-0.1, -0.05) is 0 Å². The zero-order chi connectivity index (χ0) is 11.7. The molecule has 0 saturated heterocycles. The average Bonchev–Trinajstić information content (AvgIpc) is 2.82. The van der Waals surface area contributed by atoms with Gasteiger partial charge < -0.3 is 9.67 Å². The Labute approximate surface area is 94.4 Å². The smallest absolute Gasteiger partial charge is 0.0953 e. The highest BCUT2D eigenvalue weighted by Crippen LogP contribution is 2.24. The number of aliphatic hydroxyl groups is 1. The minimum atomic E-state index is -0.0561. The van der Waals surface area contributed by atoms with Crippen molar-refractivity contribution in [3.63, 3.8) is 0 Å². The van der Waals surface area contributed by atoms with Crippen LogP contribution >= 0.6 is 0 Å². The lowest BCUT2D eigenvalue weighted by molar-refractivity contribution is 0.278. The van der Waals surface area contributed by atoms with Gasteiger partial charge in [0.1, 0.15) is 0 Å². The second-order valence-corrected chi connectivity index (χ2v) is 4.06. The van der Waals surface area contributed by atoms with Crippen LogP contribution in [0.1, 0.15) is 25.6 Å². The second-order valence-electron chi connectivity index (χ2n) is 4.06. The lowest BCUT2D eigenvalue weighted by Gasteiger charge is -2.12. The maximum absolute atomic E-state index is 9.25. The molecular weight excluding hydrogens is 204 g/mol. The standard InChI is InChI=1S/C11H16N4O/c1-8(2)15-10(4-5-13-15)11-9(6-16)12-7-14(11)3/h4-5,7-8,16H,6H2,1-3H3. The van der Waals surface area contributed by atoms with Crippen LogP contribution in [0.5, 0.6) is 0 Å². The first-order valence-corrected chi connectivity index (χ1v) is 5.30. The summed E-state index contributed by atoms with van der Waals surface area (Å²) in [6.45, 7) is 4.09. The Bertz CT molecular complexity index is 484. The molecule has 0 saturated carbocycles. The van der Waals surface area contributed by atoms with Crippen molar-refractivity contribution in [3.05, 3.63) is 24.3 Å². The van der Waals surface area contributed by atoms with Gasteiger partial charge in [-0.15, -0.1) is 0 Å². The van der Waals surface area contributed by atoms with Crippen LogP contribution in [0.2, 0.25) is 0 Å². The van der Waals surface area contributed by atoms with Gasteiger partial charge in [0, 0.05) is 19.3 Å². The highest BCUT2D eigenvalue weighted by molar-refractivity contribution is 5.58. The molecule has 2 aromatic rings. The Balaban J connectivity index is 2.58. The molecule has 0 aromatic carbocycles. The van der Waals surface area contributed by atoms with Crippen molar-refractivity contribution in [3.8, 4) is 11.4 Å². The first kappa shape index (κ1) is 10.9. The Morgan fingerprint density at radius 2 is 2.19 bits per heavy atom. The number of imidazole rings is 1. The molecule has 0 unspecified atom stereocenters. The molecule has 5 nitrogen and oxygen atoms in total. The number of aryl methyl sites for hydroxylation is 1. The zero-order valence-electron chi connectivity index (χ0n) is 9.75. The van der Waals surface area contributed by atoms with E-state index in [0.29, 0.717) is 5.69 Å². The molecule has 2 rings (SSSR count). The number of aromatic nitrogens is 4. The molecule has 0 bridgehead atoms. The summed E-state index contributed by atoms with van der Waals surface area (Å²) in [6, 6.07) is 2.22. The summed E-state index contributed by atoms with van der Waals surface area (Å²) in [4.78, 5) is 4.16. The monoisotopic (exact) mass is 220 g/mol. The molecule has 1 N–H and O–H groups in total. The molecule has 5 heteroatoms. The summed E-state index contributed by atoms with van der Waals surface area (Å²) in [5, 5.41) is 13.5. The van der Waals surface area contributed by atoms with Crippen LogP contribution in [0, 0.1) is 0 Å². The molecule has 86 valence electrons. The van der Waals surface area contributed by atoms with Gasteiger partial charge in [-0.2, -0.15) is 5.10 Å². The van der Waals surface area contributed by atoms with Gasteiger partial charge in [-0.05, 0) is 19.9 Å². The largest absolute Gasteiger partial charge is 0.390 e. The Kier molecular flexibility index (Phi) is 2.78. The van der Waals surface area contributed by atoms with Gasteiger partial charge in [0.25, 0.3) is 0 Å². The SMILES string of the molecule is CC(C)n1nccc1-c1c(CO)ncn1C. The lowest BCUT2D eigenvalue weighted by atomic mass is 10.2. The third-order valence-corrected chi connectivity index (χ3v) is 2.56. The summed E-state index contributed by atoms with van der Waals surface area (Å²) < 4.78 is 3.83. The van der Waals surface area contributed by atoms with E-state index in [1.165, 1.54) is 0 Å². The molecular formula is C11H16N4O. The number of hydrogen-bond acceptors (Lipinski definition) is 3. The van der Waals surface area contributed by atoms with Crippen molar-refractivity contribution >= 4 is 0 Å². The Morgan fingerprint density at radius 1 is 1.44 bits per heavy atom. The van der Waals surface area contributed by atoms with Gasteiger partial charge in [0.05, 0.1) is 30.0 Å². The lowest BCUT2D eigenvalue weighted by Crippen LogP contribution is -2.07. The van der Waals surface area contributed by atoms with Gasteiger partial charge in [-0.25, -0.2) is 4.98 Å². The van der Waals surface area contributed by atoms with Crippen LogP contribution in [-0.4, -0.2) is 24.4 Å². The van der Waals surface area contributed by atoms with Crippen molar-refractivity contribution in [2.75, 3.05) is 0 Å². The molecule has 0 aliphatic rings. The number of rotatable bonds is 3. The molecule has 0 amide bonds. The molecule has 2 heterocycles. The minimum Gasteiger partial charge on any atom is -0.390 e. The maximum Gasteiger partial charge on any atom is 0.0953 e. The topological polar surface area (TPSA) is 55.9 Å². The molecule has 0 aliphatic carbocycles. The predicted molar refractivity (Wildman–Crippen MR) is 60.7 cm³/mol. The van der Waals surface area contributed by atoms with E-state index in [9.17, 15) is 5.11 Å². The van der Waals surface area contributed by atoms with Crippen LogP contribution in [0.4, 0.5) is 0 Å². The zero-order valence-corrected chi connectivity index (χ0v) is 9.75. The van der Waals surface area contributed by atoms with E-state index in [1.54, 1.807) is 12.5 Å². The fraction of sp³-hybridized carbons (Fsp3) is 0.455. The normalized spacial score (nSPS) is 11.3. The molecule has 0 fully saturated rings. The van der Waals surface area contributed by atoms with Gasteiger partial charge in [0.2, 0.25) is 0 Å². The minimum absolute atomic E-state index is 0.0561. The van der Waals surface area contributed by atoms with Crippen molar-refractivity contribution in [1.29, 1.82) is 0 Å². The van der Waals surface area contributed by atoms with Crippen LogP contribution < -0.4 is 0 Å². The van der Waals surface area contributed by atoms with Crippen LogP contribution in [-0.2, 0) is 13.7 Å². The summed E-state index contributed by atoms with van der Waals surface area (Å²) >= 11 is 0. The fourth-order valence-electron chi connectivity index (χ4n) is 1.84. The highest BCUT2D eigenvalue weighted by Gasteiger charge is 2.15. The number of aliphatic hydroxyl groups excluding tert-OH is 1. The molecule has 0 spiro atoms. The quantitative estimate of drug-likeness (QED) is 0.849. The molecule has 0 radical (unpaired) electrons. The van der Waals surface area contributed by atoms with E-state index < -0.39 is 0 Å². The Morgan fingerprint density at radius 3 is 2.81 bits per heavy atom. The molecule has 16 heavy (non-hydrogen) atoms. The van der Waals surface area contributed by atoms with Gasteiger partial charge in [0.15, 0.2) is 0 Å². The molecule has 0 aliphatic heterocycles.